The molecule has 3 rings (SSSR count). The van der Waals surface area contributed by atoms with Crippen molar-refractivity contribution in [2.75, 3.05) is 6.61 Å². The van der Waals surface area contributed by atoms with Crippen molar-refractivity contribution in [2.45, 2.75) is 32.6 Å². The zero-order chi connectivity index (χ0) is 19.1. The predicted molar refractivity (Wildman–Crippen MR) is 103 cm³/mol. The molecule has 6 heteroatoms. The smallest absolute Gasteiger partial charge is 0.311 e. The monoisotopic (exact) mass is 366 g/mol. The maximum atomic E-state index is 12.0. The van der Waals surface area contributed by atoms with Crippen molar-refractivity contribution in [3.63, 3.8) is 0 Å². The fourth-order valence-electron chi connectivity index (χ4n) is 2.66. The van der Waals surface area contributed by atoms with Gasteiger partial charge in [0.05, 0.1) is 17.5 Å². The first-order valence-electron chi connectivity index (χ1n) is 9.07. The number of hydrogen-bond donors (Lipinski definition) is 1. The van der Waals surface area contributed by atoms with Crippen LogP contribution in [0.25, 0.3) is 10.9 Å². The summed E-state index contributed by atoms with van der Waals surface area (Å²) >= 11 is 0. The first kappa shape index (κ1) is 18.6. The van der Waals surface area contributed by atoms with E-state index in [0.717, 1.165) is 12.2 Å². The van der Waals surface area contributed by atoms with Gasteiger partial charge in [-0.2, -0.15) is 0 Å². The second-order valence-corrected chi connectivity index (χ2v) is 6.18. The molecule has 3 aromatic rings. The van der Waals surface area contributed by atoms with Gasteiger partial charge in [-0.1, -0.05) is 19.1 Å². The number of benzene rings is 2. The normalized spacial score (nSPS) is 10.7. The number of carbonyl (C=O) groups excluding carboxylic acids is 1. The minimum absolute atomic E-state index is 0.163. The molecule has 6 nitrogen and oxygen atoms in total. The van der Waals surface area contributed by atoms with Crippen molar-refractivity contribution in [1.29, 1.82) is 0 Å². The summed E-state index contributed by atoms with van der Waals surface area (Å²) in [6, 6.07) is 14.2. The number of esters is 1. The van der Waals surface area contributed by atoms with Crippen molar-refractivity contribution in [1.82, 2.24) is 9.97 Å². The number of nitrogens with zero attached hydrogens (tertiary/aromatic N) is 1. The van der Waals surface area contributed by atoms with E-state index in [1.807, 2.05) is 13.0 Å². The molecule has 0 aliphatic rings. The van der Waals surface area contributed by atoms with Crippen LogP contribution in [-0.4, -0.2) is 22.5 Å². The van der Waals surface area contributed by atoms with Gasteiger partial charge in [-0.05, 0) is 49.2 Å². The van der Waals surface area contributed by atoms with Crippen molar-refractivity contribution in [3.05, 3.63) is 64.7 Å². The molecular weight excluding hydrogens is 344 g/mol. The summed E-state index contributed by atoms with van der Waals surface area (Å²) in [4.78, 5) is 31.2. The maximum absolute atomic E-state index is 12.0. The Labute approximate surface area is 157 Å². The molecule has 0 unspecified atom stereocenters. The van der Waals surface area contributed by atoms with Crippen molar-refractivity contribution in [3.8, 4) is 11.5 Å². The zero-order valence-electron chi connectivity index (χ0n) is 15.2. The van der Waals surface area contributed by atoms with Crippen LogP contribution in [0.15, 0.2) is 53.3 Å². The zero-order valence-corrected chi connectivity index (χ0v) is 15.2. The SMILES string of the molecule is CCCOc1ccc(OC(=O)CCCc2nc3ccccc3c(=O)[nH]2)cc1. The van der Waals surface area contributed by atoms with Gasteiger partial charge in [-0.15, -0.1) is 0 Å². The Hall–Kier alpha value is -3.15. The predicted octanol–water partition coefficient (Wildman–Crippen LogP) is 3.64. The van der Waals surface area contributed by atoms with E-state index in [1.54, 1.807) is 42.5 Å². The van der Waals surface area contributed by atoms with Crippen LogP contribution in [0.4, 0.5) is 0 Å². The molecule has 0 amide bonds. The Morgan fingerprint density at radius 1 is 1.07 bits per heavy atom. The lowest BCUT2D eigenvalue weighted by Gasteiger charge is -2.07. The maximum Gasteiger partial charge on any atom is 0.311 e. The minimum atomic E-state index is -0.319. The third-order valence-electron chi connectivity index (χ3n) is 3.98. The Balaban J connectivity index is 1.50. The van der Waals surface area contributed by atoms with E-state index in [-0.39, 0.29) is 17.9 Å². The highest BCUT2D eigenvalue weighted by Crippen LogP contribution is 2.18. The Kier molecular flexibility index (Phi) is 6.20. The van der Waals surface area contributed by atoms with E-state index < -0.39 is 0 Å². The topological polar surface area (TPSA) is 81.3 Å². The van der Waals surface area contributed by atoms with E-state index in [9.17, 15) is 9.59 Å². The molecule has 0 bridgehead atoms. The number of rotatable bonds is 8. The van der Waals surface area contributed by atoms with Crippen molar-refractivity contribution >= 4 is 16.9 Å². The number of ether oxygens (including phenoxy) is 2. The first-order chi connectivity index (χ1) is 13.2. The molecule has 140 valence electrons. The van der Waals surface area contributed by atoms with Crippen molar-refractivity contribution < 1.29 is 14.3 Å². The van der Waals surface area contributed by atoms with Gasteiger partial charge < -0.3 is 14.5 Å². The van der Waals surface area contributed by atoms with Crippen LogP contribution in [0.2, 0.25) is 0 Å². The van der Waals surface area contributed by atoms with Gasteiger partial charge in [-0.25, -0.2) is 4.98 Å². The van der Waals surface area contributed by atoms with Gasteiger partial charge in [0.15, 0.2) is 0 Å². The number of aromatic amines is 1. The third kappa shape index (κ3) is 5.17. The highest BCUT2D eigenvalue weighted by molar-refractivity contribution is 5.77. The molecule has 0 saturated heterocycles. The van der Waals surface area contributed by atoms with Gasteiger partial charge in [0.2, 0.25) is 0 Å². The number of aryl methyl sites for hydroxylation is 1. The van der Waals surface area contributed by atoms with Gasteiger partial charge in [0.25, 0.3) is 5.56 Å². The summed E-state index contributed by atoms with van der Waals surface area (Å²) in [6.07, 6.45) is 2.22. The lowest BCUT2D eigenvalue weighted by Crippen LogP contribution is -2.13. The van der Waals surface area contributed by atoms with Crippen LogP contribution in [0.5, 0.6) is 11.5 Å². The van der Waals surface area contributed by atoms with Gasteiger partial charge >= 0.3 is 5.97 Å². The largest absolute Gasteiger partial charge is 0.494 e. The molecule has 1 heterocycles. The molecule has 0 aliphatic heterocycles. The van der Waals surface area contributed by atoms with Crippen LogP contribution >= 0.6 is 0 Å². The summed E-state index contributed by atoms with van der Waals surface area (Å²) in [7, 11) is 0. The number of hydrogen-bond acceptors (Lipinski definition) is 5. The van der Waals surface area contributed by atoms with Crippen LogP contribution in [0.1, 0.15) is 32.0 Å². The summed E-state index contributed by atoms with van der Waals surface area (Å²) < 4.78 is 10.8. The van der Waals surface area contributed by atoms with E-state index in [2.05, 4.69) is 9.97 Å². The van der Waals surface area contributed by atoms with Crippen LogP contribution in [0, 0.1) is 0 Å². The molecular formula is C21H22N2O4. The van der Waals surface area contributed by atoms with E-state index in [4.69, 9.17) is 9.47 Å². The van der Waals surface area contributed by atoms with E-state index in [0.29, 0.717) is 41.9 Å². The number of nitrogens with one attached hydrogen (secondary N) is 1. The quantitative estimate of drug-likeness (QED) is 0.486. The molecule has 0 atom stereocenters. The van der Waals surface area contributed by atoms with Gasteiger partial charge in [0.1, 0.15) is 17.3 Å². The third-order valence-corrected chi connectivity index (χ3v) is 3.98. The van der Waals surface area contributed by atoms with Gasteiger partial charge in [-0.3, -0.25) is 9.59 Å². The molecule has 2 aromatic carbocycles. The number of para-hydroxylation sites is 1. The van der Waals surface area contributed by atoms with Crippen LogP contribution in [-0.2, 0) is 11.2 Å². The van der Waals surface area contributed by atoms with Crippen molar-refractivity contribution in [2.24, 2.45) is 0 Å². The summed E-state index contributed by atoms with van der Waals surface area (Å²) in [5, 5.41) is 0.562. The molecule has 0 aliphatic carbocycles. The molecule has 1 N–H and O–H groups in total. The molecule has 1 aromatic heterocycles. The number of fused-ring (bicyclic) bond motifs is 1. The molecule has 0 radical (unpaired) electrons. The molecule has 0 saturated carbocycles. The summed E-state index contributed by atoms with van der Waals surface area (Å²) in [5.41, 5.74) is 0.493. The fraction of sp³-hybridized carbons (Fsp3) is 0.286. The number of H-pyrrole nitrogens is 1. The van der Waals surface area contributed by atoms with E-state index >= 15 is 0 Å². The van der Waals surface area contributed by atoms with Crippen LogP contribution < -0.4 is 15.0 Å². The summed E-state index contributed by atoms with van der Waals surface area (Å²) in [5.74, 6) is 1.49. The Bertz CT molecular complexity index is 964. The fourth-order valence-corrected chi connectivity index (χ4v) is 2.66. The lowest BCUT2D eigenvalue weighted by molar-refractivity contribution is -0.134. The van der Waals surface area contributed by atoms with E-state index in [1.165, 1.54) is 0 Å². The first-order valence-corrected chi connectivity index (χ1v) is 9.07. The molecule has 0 fully saturated rings. The summed E-state index contributed by atoms with van der Waals surface area (Å²) in [6.45, 7) is 2.70. The Morgan fingerprint density at radius 2 is 1.81 bits per heavy atom. The number of aromatic nitrogens is 2. The lowest BCUT2D eigenvalue weighted by atomic mass is 10.2. The molecule has 0 spiro atoms. The Morgan fingerprint density at radius 3 is 2.59 bits per heavy atom. The minimum Gasteiger partial charge on any atom is -0.494 e. The van der Waals surface area contributed by atoms with Crippen LogP contribution in [0.3, 0.4) is 0 Å². The second-order valence-electron chi connectivity index (χ2n) is 6.18. The molecule has 27 heavy (non-hydrogen) atoms. The average molecular weight is 366 g/mol. The number of carbonyl (C=O) groups is 1. The van der Waals surface area contributed by atoms with Gasteiger partial charge in [0, 0.05) is 12.8 Å². The average Bonchev–Trinajstić information content (AvgIpc) is 2.67. The highest BCUT2D eigenvalue weighted by Gasteiger charge is 2.08. The highest BCUT2D eigenvalue weighted by atomic mass is 16.5. The second kappa shape index (κ2) is 8.98. The standard InChI is InChI=1S/C21H22N2O4/c1-2-14-26-15-10-12-16(13-11-15)27-20(24)9-5-8-19-22-18-7-4-3-6-17(18)21(25)23-19/h3-4,6-7,10-13H,2,5,8-9,14H2,1H3,(H,22,23,25).